The molecular formula is C10H20N2O3. The second kappa shape index (κ2) is 5.70. The first-order valence-corrected chi connectivity index (χ1v) is 4.90. The van der Waals surface area contributed by atoms with E-state index in [1.807, 2.05) is 32.8 Å². The molecule has 88 valence electrons. The van der Waals surface area contributed by atoms with Gasteiger partial charge in [-0.15, -0.1) is 0 Å². The fourth-order valence-electron chi connectivity index (χ4n) is 1.61. The van der Waals surface area contributed by atoms with Gasteiger partial charge in [0.05, 0.1) is 6.04 Å². The second-order valence-corrected chi connectivity index (χ2v) is 4.24. The molecule has 0 aliphatic carbocycles. The first-order valence-electron chi connectivity index (χ1n) is 4.90. The van der Waals surface area contributed by atoms with Crippen molar-refractivity contribution in [1.29, 1.82) is 0 Å². The van der Waals surface area contributed by atoms with Crippen LogP contribution in [0.25, 0.3) is 0 Å². The molecule has 0 bridgehead atoms. The van der Waals surface area contributed by atoms with Gasteiger partial charge < -0.3 is 10.0 Å². The smallest absolute Gasteiger partial charge is 0.323 e. The van der Waals surface area contributed by atoms with Crippen molar-refractivity contribution in [3.63, 3.8) is 0 Å². The topological polar surface area (TPSA) is 60.9 Å². The highest BCUT2D eigenvalue weighted by Gasteiger charge is 2.27. The van der Waals surface area contributed by atoms with Crippen LogP contribution >= 0.6 is 0 Å². The molecule has 0 aromatic rings. The van der Waals surface area contributed by atoms with Gasteiger partial charge in [-0.1, -0.05) is 13.8 Å². The van der Waals surface area contributed by atoms with E-state index in [1.165, 1.54) is 11.9 Å². The van der Waals surface area contributed by atoms with Gasteiger partial charge in [-0.25, -0.2) is 0 Å². The van der Waals surface area contributed by atoms with Crippen molar-refractivity contribution in [3.05, 3.63) is 0 Å². The van der Waals surface area contributed by atoms with Crippen LogP contribution in [-0.2, 0) is 9.59 Å². The first-order chi connectivity index (χ1) is 6.77. The average molecular weight is 216 g/mol. The van der Waals surface area contributed by atoms with Crippen LogP contribution in [0.2, 0.25) is 0 Å². The Balaban J connectivity index is 4.57. The Morgan fingerprint density at radius 1 is 1.20 bits per heavy atom. The van der Waals surface area contributed by atoms with Gasteiger partial charge in [0, 0.05) is 7.05 Å². The largest absolute Gasteiger partial charge is 0.480 e. The first kappa shape index (κ1) is 13.9. The van der Waals surface area contributed by atoms with Crippen LogP contribution in [0.5, 0.6) is 0 Å². The number of rotatable bonds is 5. The Bertz CT molecular complexity index is 231. The molecule has 0 radical (unpaired) electrons. The summed E-state index contributed by atoms with van der Waals surface area (Å²) in [7, 11) is 5.14. The number of carboxylic acid groups (broad SMARTS) is 1. The molecular weight excluding hydrogens is 196 g/mol. The maximum absolute atomic E-state index is 11.9. The fourth-order valence-corrected chi connectivity index (χ4v) is 1.61. The lowest BCUT2D eigenvalue weighted by molar-refractivity contribution is -0.146. The quantitative estimate of drug-likeness (QED) is 0.709. The van der Waals surface area contributed by atoms with E-state index in [0.29, 0.717) is 0 Å². The van der Waals surface area contributed by atoms with Gasteiger partial charge in [0.2, 0.25) is 5.91 Å². The van der Waals surface area contributed by atoms with E-state index in [4.69, 9.17) is 5.11 Å². The van der Waals surface area contributed by atoms with E-state index in [0.717, 1.165) is 0 Å². The highest BCUT2D eigenvalue weighted by molar-refractivity contribution is 5.85. The molecule has 0 aliphatic rings. The zero-order valence-electron chi connectivity index (χ0n) is 10.0. The van der Waals surface area contributed by atoms with E-state index in [1.54, 1.807) is 0 Å². The summed E-state index contributed by atoms with van der Waals surface area (Å²) < 4.78 is 0. The minimum absolute atomic E-state index is 0.155. The zero-order chi connectivity index (χ0) is 12.2. The molecule has 1 amide bonds. The van der Waals surface area contributed by atoms with Crippen LogP contribution in [0.1, 0.15) is 13.8 Å². The summed E-state index contributed by atoms with van der Waals surface area (Å²) in [6.45, 7) is 3.63. The summed E-state index contributed by atoms with van der Waals surface area (Å²) in [5.74, 6) is -0.992. The highest BCUT2D eigenvalue weighted by Crippen LogP contribution is 2.10. The lowest BCUT2D eigenvalue weighted by Crippen LogP contribution is -2.48. The number of nitrogens with zero attached hydrogens (tertiary/aromatic N) is 2. The summed E-state index contributed by atoms with van der Waals surface area (Å²) in [4.78, 5) is 25.4. The van der Waals surface area contributed by atoms with Crippen LogP contribution in [0.15, 0.2) is 0 Å². The number of aliphatic carboxylic acids is 1. The SMILES string of the molecule is CC(C)[C@H](C(=O)N(C)CC(=O)O)N(C)C. The third-order valence-electron chi connectivity index (χ3n) is 2.19. The second-order valence-electron chi connectivity index (χ2n) is 4.24. The Morgan fingerprint density at radius 2 is 1.67 bits per heavy atom. The van der Waals surface area contributed by atoms with Crippen molar-refractivity contribution >= 4 is 11.9 Å². The standard InChI is InChI=1S/C10H20N2O3/c1-7(2)9(11(3)4)10(15)12(5)6-8(13)14/h7,9H,6H2,1-5H3,(H,13,14)/t9-/m1/s1. The van der Waals surface area contributed by atoms with Crippen molar-refractivity contribution in [3.8, 4) is 0 Å². The van der Waals surface area contributed by atoms with Gasteiger partial charge >= 0.3 is 5.97 Å². The fraction of sp³-hybridized carbons (Fsp3) is 0.800. The van der Waals surface area contributed by atoms with Crippen molar-refractivity contribution in [2.45, 2.75) is 19.9 Å². The van der Waals surface area contributed by atoms with Gasteiger partial charge in [-0.2, -0.15) is 0 Å². The minimum Gasteiger partial charge on any atom is -0.480 e. The lowest BCUT2D eigenvalue weighted by atomic mass is 10.0. The summed E-state index contributed by atoms with van der Waals surface area (Å²) in [6.07, 6.45) is 0. The molecule has 0 spiro atoms. The predicted molar refractivity (Wildman–Crippen MR) is 57.6 cm³/mol. The monoisotopic (exact) mass is 216 g/mol. The molecule has 5 heteroatoms. The van der Waals surface area contributed by atoms with Crippen LogP contribution in [0, 0.1) is 5.92 Å². The summed E-state index contributed by atoms with van der Waals surface area (Å²) >= 11 is 0. The normalized spacial score (nSPS) is 13.0. The molecule has 0 aromatic carbocycles. The van der Waals surface area contributed by atoms with E-state index < -0.39 is 5.97 Å². The molecule has 5 nitrogen and oxygen atoms in total. The van der Waals surface area contributed by atoms with Crippen LogP contribution in [0.3, 0.4) is 0 Å². The number of carboxylic acids is 1. The van der Waals surface area contributed by atoms with E-state index >= 15 is 0 Å². The van der Waals surface area contributed by atoms with Crippen LogP contribution in [0.4, 0.5) is 0 Å². The Hall–Kier alpha value is -1.10. The molecule has 0 heterocycles. The van der Waals surface area contributed by atoms with Gasteiger partial charge in [-0.3, -0.25) is 14.5 Å². The van der Waals surface area contributed by atoms with Crippen molar-refractivity contribution in [2.24, 2.45) is 5.92 Å². The van der Waals surface area contributed by atoms with Crippen molar-refractivity contribution < 1.29 is 14.7 Å². The molecule has 0 aromatic heterocycles. The number of amides is 1. The maximum atomic E-state index is 11.9. The maximum Gasteiger partial charge on any atom is 0.323 e. The molecule has 1 N–H and O–H groups in total. The molecule has 0 unspecified atom stereocenters. The average Bonchev–Trinajstić information content (AvgIpc) is 2.00. The summed E-state index contributed by atoms with van der Waals surface area (Å²) in [6, 6.07) is -0.269. The van der Waals surface area contributed by atoms with Crippen LogP contribution < -0.4 is 0 Å². The van der Waals surface area contributed by atoms with Crippen molar-refractivity contribution in [1.82, 2.24) is 9.80 Å². The molecule has 15 heavy (non-hydrogen) atoms. The predicted octanol–water partition coefficient (Wildman–Crippen LogP) is 0.116. The number of carbonyl (C=O) groups excluding carboxylic acids is 1. The van der Waals surface area contributed by atoms with E-state index in [9.17, 15) is 9.59 Å². The molecule has 0 fully saturated rings. The van der Waals surface area contributed by atoms with Gasteiger partial charge in [0.15, 0.2) is 0 Å². The molecule has 1 atom stereocenters. The zero-order valence-corrected chi connectivity index (χ0v) is 10.0. The number of hydrogen-bond donors (Lipinski definition) is 1. The summed E-state index contributed by atoms with van der Waals surface area (Å²) in [5, 5.41) is 8.58. The minimum atomic E-state index is -0.993. The Morgan fingerprint density at radius 3 is 1.93 bits per heavy atom. The molecule has 0 rings (SSSR count). The Kier molecular flexibility index (Phi) is 5.28. The van der Waals surface area contributed by atoms with Gasteiger partial charge in [-0.05, 0) is 20.0 Å². The molecule has 0 saturated carbocycles. The lowest BCUT2D eigenvalue weighted by Gasteiger charge is -2.30. The van der Waals surface area contributed by atoms with E-state index in [2.05, 4.69) is 0 Å². The summed E-state index contributed by atoms with van der Waals surface area (Å²) in [5.41, 5.74) is 0. The van der Waals surface area contributed by atoms with Crippen molar-refractivity contribution in [2.75, 3.05) is 27.7 Å². The number of hydrogen-bond acceptors (Lipinski definition) is 3. The number of likely N-dealkylation sites (N-methyl/N-ethyl adjacent to an activating group) is 2. The van der Waals surface area contributed by atoms with Crippen LogP contribution in [-0.4, -0.2) is 60.5 Å². The Labute approximate surface area is 90.7 Å². The molecule has 0 saturated heterocycles. The van der Waals surface area contributed by atoms with Gasteiger partial charge in [0.25, 0.3) is 0 Å². The molecule has 0 aliphatic heterocycles. The van der Waals surface area contributed by atoms with Gasteiger partial charge in [0.1, 0.15) is 6.54 Å². The van der Waals surface area contributed by atoms with E-state index in [-0.39, 0.29) is 24.4 Å². The highest BCUT2D eigenvalue weighted by atomic mass is 16.4. The number of carbonyl (C=O) groups is 2. The third kappa shape index (κ3) is 4.29. The third-order valence-corrected chi connectivity index (χ3v) is 2.19.